The number of hydrogen-bond acceptors (Lipinski definition) is 6. The molecule has 0 aliphatic heterocycles. The van der Waals surface area contributed by atoms with E-state index < -0.39 is 17.8 Å². The van der Waals surface area contributed by atoms with Gasteiger partial charge in [0.2, 0.25) is 0 Å². The van der Waals surface area contributed by atoms with Gasteiger partial charge in [-0.15, -0.1) is 0 Å². The van der Waals surface area contributed by atoms with Crippen LogP contribution in [0, 0.1) is 0 Å². The molecule has 0 saturated carbocycles. The van der Waals surface area contributed by atoms with E-state index in [1.807, 2.05) is 0 Å². The lowest BCUT2D eigenvalue weighted by Crippen LogP contribution is -2.32. The Morgan fingerprint density at radius 3 is 2.30 bits per heavy atom. The molecule has 3 N–H and O–H groups in total. The summed E-state index contributed by atoms with van der Waals surface area (Å²) in [6.45, 7) is 0. The first-order chi connectivity index (χ1) is 12.9. The molecule has 9 nitrogen and oxygen atoms in total. The largest absolute Gasteiger partial charge is 0.497 e. The maximum Gasteiger partial charge on any atom is 0.335 e. The van der Waals surface area contributed by atoms with Crippen LogP contribution in [0.5, 0.6) is 11.5 Å². The number of benzene rings is 2. The van der Waals surface area contributed by atoms with Crippen LogP contribution in [-0.4, -0.2) is 43.3 Å². The summed E-state index contributed by atoms with van der Waals surface area (Å²) in [5.41, 5.74) is 3.03. The summed E-state index contributed by atoms with van der Waals surface area (Å²) in [5, 5.41) is 14.9. The summed E-state index contributed by atoms with van der Waals surface area (Å²) in [6.07, 6.45) is 1.28. The molecule has 2 aromatic carbocycles. The fourth-order valence-electron chi connectivity index (χ4n) is 2.02. The number of hydrazone groups is 1. The Kier molecular flexibility index (Phi) is 6.48. The van der Waals surface area contributed by atoms with Crippen molar-refractivity contribution in [3.63, 3.8) is 0 Å². The van der Waals surface area contributed by atoms with E-state index in [0.29, 0.717) is 17.1 Å². The number of methoxy groups -OCH3 is 2. The van der Waals surface area contributed by atoms with E-state index in [0.717, 1.165) is 0 Å². The fraction of sp³-hybridized carbons (Fsp3) is 0.111. The third kappa shape index (κ3) is 5.30. The van der Waals surface area contributed by atoms with Gasteiger partial charge in [0.1, 0.15) is 11.5 Å². The Balaban J connectivity index is 1.97. The first-order valence-electron chi connectivity index (χ1n) is 7.64. The second-order valence-electron chi connectivity index (χ2n) is 5.15. The van der Waals surface area contributed by atoms with Gasteiger partial charge in [-0.1, -0.05) is 12.1 Å². The van der Waals surface area contributed by atoms with Crippen LogP contribution >= 0.6 is 0 Å². The molecule has 0 heterocycles. The third-order valence-electron chi connectivity index (χ3n) is 3.40. The number of carbonyl (C=O) groups excluding carboxylic acids is 2. The van der Waals surface area contributed by atoms with Crippen LogP contribution in [0.4, 0.5) is 5.69 Å². The van der Waals surface area contributed by atoms with E-state index in [-0.39, 0.29) is 11.3 Å². The lowest BCUT2D eigenvalue weighted by atomic mass is 10.1. The summed E-state index contributed by atoms with van der Waals surface area (Å²) in [7, 11) is 2.90. The van der Waals surface area contributed by atoms with Gasteiger partial charge in [0.05, 0.1) is 31.7 Å². The SMILES string of the molecule is COc1ccc(OC)c(NC(=O)C(=O)N/N=C/c2ccc(C(=O)O)cc2)c1. The van der Waals surface area contributed by atoms with E-state index in [2.05, 4.69) is 15.8 Å². The number of amides is 2. The summed E-state index contributed by atoms with van der Waals surface area (Å²) in [6, 6.07) is 10.6. The molecule has 2 aromatic rings. The molecule has 2 amide bonds. The molecule has 0 aliphatic rings. The number of ether oxygens (including phenoxy) is 2. The molecular weight excluding hydrogens is 354 g/mol. The molecule has 0 unspecified atom stereocenters. The number of aromatic carboxylic acids is 1. The fourth-order valence-corrected chi connectivity index (χ4v) is 2.02. The van der Waals surface area contributed by atoms with Crippen LogP contribution in [0.2, 0.25) is 0 Å². The van der Waals surface area contributed by atoms with Crippen molar-refractivity contribution in [3.05, 3.63) is 53.6 Å². The highest BCUT2D eigenvalue weighted by atomic mass is 16.5. The maximum atomic E-state index is 12.0. The van der Waals surface area contributed by atoms with Crippen LogP contribution in [0.15, 0.2) is 47.6 Å². The summed E-state index contributed by atoms with van der Waals surface area (Å²) in [5.74, 6) is -2.14. The lowest BCUT2D eigenvalue weighted by molar-refractivity contribution is -0.136. The maximum absolute atomic E-state index is 12.0. The van der Waals surface area contributed by atoms with Crippen LogP contribution in [0.3, 0.4) is 0 Å². The summed E-state index contributed by atoms with van der Waals surface area (Å²) in [4.78, 5) is 34.6. The molecule has 0 spiro atoms. The first-order valence-corrected chi connectivity index (χ1v) is 7.64. The molecule has 0 aliphatic carbocycles. The second-order valence-corrected chi connectivity index (χ2v) is 5.15. The Morgan fingerprint density at radius 1 is 1.00 bits per heavy atom. The zero-order valence-corrected chi connectivity index (χ0v) is 14.6. The summed E-state index contributed by atoms with van der Waals surface area (Å²) >= 11 is 0. The van der Waals surface area contributed by atoms with E-state index >= 15 is 0 Å². The summed E-state index contributed by atoms with van der Waals surface area (Å²) < 4.78 is 10.2. The molecule has 27 heavy (non-hydrogen) atoms. The van der Waals surface area contributed by atoms with Crippen molar-refractivity contribution in [1.82, 2.24) is 5.43 Å². The van der Waals surface area contributed by atoms with Crippen LogP contribution in [0.25, 0.3) is 0 Å². The average molecular weight is 371 g/mol. The topological polar surface area (TPSA) is 126 Å². The Morgan fingerprint density at radius 2 is 1.70 bits per heavy atom. The second kappa shape index (κ2) is 8.99. The minimum atomic E-state index is -1.04. The average Bonchev–Trinajstić information content (AvgIpc) is 2.68. The van der Waals surface area contributed by atoms with Crippen LogP contribution in [0.1, 0.15) is 15.9 Å². The van der Waals surface area contributed by atoms with Crippen molar-refractivity contribution in [3.8, 4) is 11.5 Å². The van der Waals surface area contributed by atoms with Gasteiger partial charge in [0.25, 0.3) is 0 Å². The predicted octanol–water partition coefficient (Wildman–Crippen LogP) is 1.49. The highest BCUT2D eigenvalue weighted by Gasteiger charge is 2.16. The quantitative estimate of drug-likeness (QED) is 0.401. The van der Waals surface area contributed by atoms with Crippen molar-refractivity contribution in [2.45, 2.75) is 0 Å². The van der Waals surface area contributed by atoms with Gasteiger partial charge >= 0.3 is 17.8 Å². The standard InChI is InChI=1S/C18H17N3O6/c1-26-13-7-8-15(27-2)14(9-13)20-16(22)17(23)21-19-10-11-3-5-12(6-4-11)18(24)25/h3-10H,1-2H3,(H,20,22)(H,21,23)(H,24,25)/b19-10+. The molecule has 0 saturated heterocycles. The smallest absolute Gasteiger partial charge is 0.335 e. The number of hydrogen-bond donors (Lipinski definition) is 3. The van der Waals surface area contributed by atoms with Gasteiger partial charge in [-0.05, 0) is 29.8 Å². The molecule has 0 atom stereocenters. The van der Waals surface area contributed by atoms with Crippen molar-refractivity contribution in [2.24, 2.45) is 5.10 Å². The van der Waals surface area contributed by atoms with Crippen LogP contribution in [-0.2, 0) is 9.59 Å². The molecule has 140 valence electrons. The minimum absolute atomic E-state index is 0.128. The van der Waals surface area contributed by atoms with E-state index in [4.69, 9.17) is 14.6 Å². The monoisotopic (exact) mass is 371 g/mol. The molecule has 0 bridgehead atoms. The Bertz CT molecular complexity index is 877. The Labute approximate surface area is 154 Å². The third-order valence-corrected chi connectivity index (χ3v) is 3.40. The van der Waals surface area contributed by atoms with Gasteiger partial charge < -0.3 is 19.9 Å². The van der Waals surface area contributed by atoms with Gasteiger partial charge in [-0.3, -0.25) is 9.59 Å². The number of nitrogens with zero attached hydrogens (tertiary/aromatic N) is 1. The normalized spacial score (nSPS) is 10.3. The van der Waals surface area contributed by atoms with Gasteiger partial charge in [0, 0.05) is 6.07 Å². The number of rotatable bonds is 6. The molecule has 2 rings (SSSR count). The number of nitrogens with one attached hydrogen (secondary N) is 2. The zero-order chi connectivity index (χ0) is 19.8. The lowest BCUT2D eigenvalue weighted by Gasteiger charge is -2.11. The van der Waals surface area contributed by atoms with Crippen LogP contribution < -0.4 is 20.2 Å². The highest BCUT2D eigenvalue weighted by Crippen LogP contribution is 2.28. The van der Waals surface area contributed by atoms with Gasteiger partial charge in [0.15, 0.2) is 0 Å². The zero-order valence-electron chi connectivity index (χ0n) is 14.6. The number of carbonyl (C=O) groups is 3. The molecule has 0 fully saturated rings. The van der Waals surface area contributed by atoms with E-state index in [1.54, 1.807) is 12.1 Å². The van der Waals surface area contributed by atoms with E-state index in [9.17, 15) is 14.4 Å². The molecular formula is C18H17N3O6. The Hall–Kier alpha value is -3.88. The minimum Gasteiger partial charge on any atom is -0.497 e. The van der Waals surface area contributed by atoms with Crippen molar-refractivity contribution < 1.29 is 29.0 Å². The number of carboxylic acids is 1. The predicted molar refractivity (Wildman–Crippen MR) is 97.3 cm³/mol. The molecule has 9 heteroatoms. The number of anilines is 1. The van der Waals surface area contributed by atoms with Crippen molar-refractivity contribution in [2.75, 3.05) is 19.5 Å². The number of carboxylic acid groups (broad SMARTS) is 1. The molecule has 0 radical (unpaired) electrons. The highest BCUT2D eigenvalue weighted by molar-refractivity contribution is 6.39. The van der Waals surface area contributed by atoms with Crippen molar-refractivity contribution >= 4 is 29.7 Å². The van der Waals surface area contributed by atoms with E-state index in [1.165, 1.54) is 50.8 Å². The van der Waals surface area contributed by atoms with Crippen molar-refractivity contribution in [1.29, 1.82) is 0 Å². The van der Waals surface area contributed by atoms with Gasteiger partial charge in [-0.25, -0.2) is 10.2 Å². The molecule has 0 aromatic heterocycles. The first kappa shape index (κ1) is 19.4. The van der Waals surface area contributed by atoms with Gasteiger partial charge in [-0.2, -0.15) is 5.10 Å².